The highest BCUT2D eigenvalue weighted by Crippen LogP contribution is 2.52. The lowest BCUT2D eigenvalue weighted by Gasteiger charge is -2.54. The highest BCUT2D eigenvalue weighted by molar-refractivity contribution is 5.93. The fourth-order valence-electron chi connectivity index (χ4n) is 4.09. The van der Waals surface area contributed by atoms with E-state index in [-0.39, 0.29) is 23.5 Å². The molecule has 2 fully saturated rings. The topological polar surface area (TPSA) is 55.6 Å². The Bertz CT molecular complexity index is 749. The van der Waals surface area contributed by atoms with Crippen LogP contribution in [-0.2, 0) is 4.74 Å². The van der Waals surface area contributed by atoms with Gasteiger partial charge in [0.15, 0.2) is 0 Å². The molecule has 5 nitrogen and oxygen atoms in total. The first-order valence-electron chi connectivity index (χ1n) is 7.85. The summed E-state index contributed by atoms with van der Waals surface area (Å²) in [6.45, 7) is 7.14. The second-order valence-corrected chi connectivity index (χ2v) is 7.04. The van der Waals surface area contributed by atoms with Gasteiger partial charge in [-0.2, -0.15) is 0 Å². The molecule has 1 saturated heterocycles. The van der Waals surface area contributed by atoms with Gasteiger partial charge in [-0.1, -0.05) is 19.9 Å². The number of hydrogen-bond donors (Lipinski definition) is 1. The Balaban J connectivity index is 1.58. The van der Waals surface area contributed by atoms with E-state index in [2.05, 4.69) is 24.1 Å². The number of hydrogen-bond acceptors (Lipinski definition) is 3. The number of aromatic nitrogens is 2. The van der Waals surface area contributed by atoms with Gasteiger partial charge >= 0.3 is 0 Å². The molecule has 0 radical (unpaired) electrons. The lowest BCUT2D eigenvalue weighted by atomic mass is 9.57. The van der Waals surface area contributed by atoms with E-state index in [9.17, 15) is 4.79 Å². The zero-order valence-electron chi connectivity index (χ0n) is 13.2. The van der Waals surface area contributed by atoms with Gasteiger partial charge in [0.1, 0.15) is 11.3 Å². The minimum absolute atomic E-state index is 0.00803. The summed E-state index contributed by atoms with van der Waals surface area (Å²) in [5.74, 6) is 0.351. The molecule has 3 atom stereocenters. The summed E-state index contributed by atoms with van der Waals surface area (Å²) in [5.41, 5.74) is 2.34. The van der Waals surface area contributed by atoms with Crippen LogP contribution in [0.5, 0.6) is 0 Å². The quantitative estimate of drug-likeness (QED) is 0.925. The van der Waals surface area contributed by atoms with E-state index >= 15 is 0 Å². The fourth-order valence-corrected chi connectivity index (χ4v) is 4.09. The molecule has 1 saturated carbocycles. The SMILES string of the molecule is Cc1cccc2nc(C(=O)N[C@@H]3[C@H]4CCO[C@@H]4C3(C)C)cn12. The number of pyridine rings is 1. The zero-order chi connectivity index (χ0) is 15.5. The minimum atomic E-state index is -0.0912. The molecule has 0 unspecified atom stereocenters. The molecule has 4 rings (SSSR count). The molecule has 0 aromatic carbocycles. The van der Waals surface area contributed by atoms with Crippen LogP contribution in [0.15, 0.2) is 24.4 Å². The minimum Gasteiger partial charge on any atom is -0.377 e. The monoisotopic (exact) mass is 299 g/mol. The Kier molecular flexibility index (Phi) is 2.85. The van der Waals surface area contributed by atoms with Crippen LogP contribution in [0.25, 0.3) is 5.65 Å². The average molecular weight is 299 g/mol. The predicted octanol–water partition coefficient (Wildman–Crippen LogP) is 2.19. The van der Waals surface area contributed by atoms with Crippen molar-refractivity contribution in [3.8, 4) is 0 Å². The molecule has 3 heterocycles. The summed E-state index contributed by atoms with van der Waals surface area (Å²) >= 11 is 0. The Hall–Kier alpha value is -1.88. The van der Waals surface area contributed by atoms with E-state index in [0.29, 0.717) is 11.6 Å². The Morgan fingerprint density at radius 2 is 2.27 bits per heavy atom. The Morgan fingerprint density at radius 3 is 3.05 bits per heavy atom. The molecule has 1 amide bonds. The number of fused-ring (bicyclic) bond motifs is 2. The van der Waals surface area contributed by atoms with Crippen LogP contribution >= 0.6 is 0 Å². The maximum Gasteiger partial charge on any atom is 0.271 e. The van der Waals surface area contributed by atoms with Crippen molar-refractivity contribution in [2.24, 2.45) is 11.3 Å². The molecule has 22 heavy (non-hydrogen) atoms. The first-order valence-corrected chi connectivity index (χ1v) is 7.85. The van der Waals surface area contributed by atoms with Crippen molar-refractivity contribution in [3.05, 3.63) is 35.8 Å². The second kappa shape index (κ2) is 4.56. The number of imidazole rings is 1. The molecule has 2 aliphatic rings. The highest BCUT2D eigenvalue weighted by Gasteiger charge is 2.59. The van der Waals surface area contributed by atoms with Gasteiger partial charge in [-0.3, -0.25) is 4.79 Å². The van der Waals surface area contributed by atoms with E-state index in [0.717, 1.165) is 24.4 Å². The molecule has 1 aliphatic heterocycles. The smallest absolute Gasteiger partial charge is 0.271 e. The molecule has 0 bridgehead atoms. The lowest BCUT2D eigenvalue weighted by molar-refractivity contribution is -0.108. The van der Waals surface area contributed by atoms with Crippen molar-refractivity contribution in [1.29, 1.82) is 0 Å². The fraction of sp³-hybridized carbons (Fsp3) is 0.529. The summed E-state index contributed by atoms with van der Waals surface area (Å²) in [5, 5.41) is 3.18. The first-order chi connectivity index (χ1) is 10.5. The van der Waals surface area contributed by atoms with Crippen molar-refractivity contribution < 1.29 is 9.53 Å². The van der Waals surface area contributed by atoms with Crippen LogP contribution in [-0.4, -0.2) is 34.0 Å². The maximum absolute atomic E-state index is 12.6. The molecular formula is C17H21N3O2. The van der Waals surface area contributed by atoms with Gasteiger partial charge in [0.25, 0.3) is 5.91 Å². The molecule has 1 aliphatic carbocycles. The van der Waals surface area contributed by atoms with Crippen molar-refractivity contribution >= 4 is 11.6 Å². The average Bonchev–Trinajstić information content (AvgIpc) is 3.10. The van der Waals surface area contributed by atoms with Crippen molar-refractivity contribution in [2.45, 2.75) is 39.3 Å². The number of nitrogens with one attached hydrogen (secondary N) is 1. The van der Waals surface area contributed by atoms with E-state index in [1.54, 1.807) is 0 Å². The lowest BCUT2D eigenvalue weighted by Crippen LogP contribution is -2.66. The molecule has 116 valence electrons. The van der Waals surface area contributed by atoms with Gasteiger partial charge in [-0.25, -0.2) is 4.98 Å². The van der Waals surface area contributed by atoms with Crippen molar-refractivity contribution in [2.75, 3.05) is 6.61 Å². The summed E-state index contributed by atoms with van der Waals surface area (Å²) in [4.78, 5) is 17.0. The van der Waals surface area contributed by atoms with Crippen molar-refractivity contribution in [1.82, 2.24) is 14.7 Å². The van der Waals surface area contributed by atoms with Gasteiger partial charge in [0, 0.05) is 35.9 Å². The van der Waals surface area contributed by atoms with Crippen molar-refractivity contribution in [3.63, 3.8) is 0 Å². The standard InChI is InChI=1S/C17H21N3O2/c1-10-5-4-6-13-18-12(9-20(10)13)16(21)19-14-11-7-8-22-15(11)17(14,2)3/h4-6,9,11,14-15H,7-8H2,1-3H3,(H,19,21)/t11-,14-,15+/m1/s1. The zero-order valence-corrected chi connectivity index (χ0v) is 13.2. The van der Waals surface area contributed by atoms with Crippen LogP contribution in [0.3, 0.4) is 0 Å². The largest absolute Gasteiger partial charge is 0.377 e. The van der Waals surface area contributed by atoms with Gasteiger partial charge < -0.3 is 14.5 Å². The number of carbonyl (C=O) groups excluding carboxylic acids is 1. The van der Waals surface area contributed by atoms with Crippen LogP contribution in [0.2, 0.25) is 0 Å². The number of amides is 1. The van der Waals surface area contributed by atoms with Crippen LogP contribution < -0.4 is 5.32 Å². The molecule has 2 aromatic heterocycles. The number of rotatable bonds is 2. The molecule has 0 spiro atoms. The third-order valence-corrected chi connectivity index (χ3v) is 5.32. The number of ether oxygens (including phenoxy) is 1. The van der Waals surface area contributed by atoms with Gasteiger partial charge in [-0.15, -0.1) is 0 Å². The Labute approximate surface area is 129 Å². The normalized spacial score (nSPS) is 29.1. The molecule has 5 heteroatoms. The third kappa shape index (κ3) is 1.81. The van der Waals surface area contributed by atoms with E-state index in [1.165, 1.54) is 0 Å². The van der Waals surface area contributed by atoms with E-state index in [4.69, 9.17) is 4.74 Å². The molecule has 1 N–H and O–H groups in total. The summed E-state index contributed by atoms with van der Waals surface area (Å²) in [6, 6.07) is 6.04. The van der Waals surface area contributed by atoms with E-state index < -0.39 is 0 Å². The summed E-state index contributed by atoms with van der Waals surface area (Å²) < 4.78 is 7.72. The molecular weight excluding hydrogens is 278 g/mol. The number of aryl methyl sites for hydroxylation is 1. The molecule has 2 aromatic rings. The third-order valence-electron chi connectivity index (χ3n) is 5.32. The maximum atomic E-state index is 12.6. The summed E-state index contributed by atoms with van der Waals surface area (Å²) in [6.07, 6.45) is 3.12. The van der Waals surface area contributed by atoms with Gasteiger partial charge in [0.05, 0.1) is 6.10 Å². The highest BCUT2D eigenvalue weighted by atomic mass is 16.5. The Morgan fingerprint density at radius 1 is 1.45 bits per heavy atom. The first kappa shape index (κ1) is 13.8. The van der Waals surface area contributed by atoms with Gasteiger partial charge in [0.2, 0.25) is 0 Å². The predicted molar refractivity (Wildman–Crippen MR) is 82.8 cm³/mol. The second-order valence-electron chi connectivity index (χ2n) is 7.04. The number of nitrogens with zero attached hydrogens (tertiary/aromatic N) is 2. The summed E-state index contributed by atoms with van der Waals surface area (Å²) in [7, 11) is 0. The number of carbonyl (C=O) groups is 1. The van der Waals surface area contributed by atoms with Crippen LogP contribution in [0, 0.1) is 18.3 Å². The van der Waals surface area contributed by atoms with E-state index in [1.807, 2.05) is 35.7 Å². The van der Waals surface area contributed by atoms with Gasteiger partial charge in [-0.05, 0) is 25.5 Å². The van der Waals surface area contributed by atoms with Crippen LogP contribution in [0.1, 0.15) is 36.5 Å². The van der Waals surface area contributed by atoms with Crippen LogP contribution in [0.4, 0.5) is 0 Å².